The van der Waals surface area contributed by atoms with Crippen LogP contribution in [-0.2, 0) is 22.4 Å². The quantitative estimate of drug-likeness (QED) is 0.797. The number of nitrogens with zero attached hydrogens (tertiary/aromatic N) is 1. The molecule has 128 valence electrons. The summed E-state index contributed by atoms with van der Waals surface area (Å²) in [6.45, 7) is 4.98. The maximum Gasteiger partial charge on any atom is 0.254 e. The summed E-state index contributed by atoms with van der Waals surface area (Å²) in [6.07, 6.45) is 5.26. The van der Waals surface area contributed by atoms with E-state index in [0.29, 0.717) is 36.7 Å². The molecular formula is C17H27N3O3. The van der Waals surface area contributed by atoms with Crippen molar-refractivity contribution in [1.29, 1.82) is 0 Å². The van der Waals surface area contributed by atoms with Crippen LogP contribution in [0.2, 0.25) is 0 Å². The van der Waals surface area contributed by atoms with E-state index in [1.165, 1.54) is 12.8 Å². The number of carbonyl (C=O) groups excluding carboxylic acids is 1. The highest BCUT2D eigenvalue weighted by Gasteiger charge is 2.34. The molecule has 1 aromatic rings. The van der Waals surface area contributed by atoms with Crippen molar-refractivity contribution in [2.75, 3.05) is 20.3 Å². The lowest BCUT2D eigenvalue weighted by atomic mass is 9.87. The van der Waals surface area contributed by atoms with Crippen LogP contribution in [0.4, 0.5) is 0 Å². The third-order valence-corrected chi connectivity index (χ3v) is 4.72. The lowest BCUT2D eigenvalue weighted by Crippen LogP contribution is -2.40. The molecule has 2 N–H and O–H groups in total. The second-order valence-electron chi connectivity index (χ2n) is 6.52. The van der Waals surface area contributed by atoms with Crippen LogP contribution >= 0.6 is 0 Å². The summed E-state index contributed by atoms with van der Waals surface area (Å²) < 4.78 is 5.33. The lowest BCUT2D eigenvalue weighted by molar-refractivity contribution is -0.121. The van der Waals surface area contributed by atoms with Gasteiger partial charge in [-0.05, 0) is 19.8 Å². The molecule has 1 amide bonds. The van der Waals surface area contributed by atoms with E-state index in [2.05, 4.69) is 15.3 Å². The zero-order valence-electron chi connectivity index (χ0n) is 14.3. The Morgan fingerprint density at radius 3 is 2.65 bits per heavy atom. The molecule has 1 aliphatic rings. The zero-order valence-corrected chi connectivity index (χ0v) is 14.3. The lowest BCUT2D eigenvalue weighted by Gasteiger charge is -2.28. The Morgan fingerprint density at radius 2 is 2.09 bits per heavy atom. The Morgan fingerprint density at radius 1 is 1.39 bits per heavy atom. The van der Waals surface area contributed by atoms with Gasteiger partial charge in [-0.2, -0.15) is 0 Å². The Balaban J connectivity index is 1.99. The van der Waals surface area contributed by atoms with Gasteiger partial charge in [0.1, 0.15) is 5.82 Å². The molecule has 1 fully saturated rings. The summed E-state index contributed by atoms with van der Waals surface area (Å²) in [5, 5.41) is 2.98. The summed E-state index contributed by atoms with van der Waals surface area (Å²) in [7, 11) is 1.70. The molecule has 0 bridgehead atoms. The summed E-state index contributed by atoms with van der Waals surface area (Å²) >= 11 is 0. The van der Waals surface area contributed by atoms with Crippen LogP contribution in [0.25, 0.3) is 0 Å². The van der Waals surface area contributed by atoms with Crippen molar-refractivity contribution in [3.8, 4) is 0 Å². The molecule has 23 heavy (non-hydrogen) atoms. The number of aromatic nitrogens is 2. The number of methoxy groups -OCH3 is 1. The van der Waals surface area contributed by atoms with E-state index in [4.69, 9.17) is 4.74 Å². The van der Waals surface area contributed by atoms with Crippen molar-refractivity contribution in [1.82, 2.24) is 15.3 Å². The van der Waals surface area contributed by atoms with Gasteiger partial charge in [-0.15, -0.1) is 0 Å². The number of hydrogen-bond acceptors (Lipinski definition) is 4. The van der Waals surface area contributed by atoms with Gasteiger partial charge in [0, 0.05) is 36.7 Å². The largest absolute Gasteiger partial charge is 0.384 e. The average molecular weight is 321 g/mol. The van der Waals surface area contributed by atoms with Crippen LogP contribution < -0.4 is 10.9 Å². The summed E-state index contributed by atoms with van der Waals surface area (Å²) in [6, 6.07) is 0. The second-order valence-corrected chi connectivity index (χ2v) is 6.52. The van der Waals surface area contributed by atoms with Gasteiger partial charge in [-0.1, -0.05) is 19.8 Å². The van der Waals surface area contributed by atoms with Crippen LogP contribution in [0.15, 0.2) is 4.79 Å². The highest BCUT2D eigenvalue weighted by molar-refractivity contribution is 5.78. The number of hydrogen-bond donors (Lipinski definition) is 2. The Hall–Kier alpha value is -1.69. The fraction of sp³-hybridized carbons (Fsp3) is 0.706. The first kappa shape index (κ1) is 17.7. The number of rotatable bonds is 7. The molecule has 0 saturated heterocycles. The Labute approximate surface area is 137 Å². The van der Waals surface area contributed by atoms with Crippen molar-refractivity contribution in [2.24, 2.45) is 5.41 Å². The van der Waals surface area contributed by atoms with Gasteiger partial charge in [0.25, 0.3) is 5.56 Å². The summed E-state index contributed by atoms with van der Waals surface area (Å²) in [5.74, 6) is 0.522. The normalized spacial score (nSPS) is 16.5. The van der Waals surface area contributed by atoms with Gasteiger partial charge >= 0.3 is 0 Å². The maximum absolute atomic E-state index is 12.2. The zero-order chi connectivity index (χ0) is 16.9. The van der Waals surface area contributed by atoms with E-state index in [9.17, 15) is 9.59 Å². The number of H-pyrrole nitrogens is 1. The van der Waals surface area contributed by atoms with E-state index in [1.54, 1.807) is 14.0 Å². The fourth-order valence-electron chi connectivity index (χ4n) is 3.36. The van der Waals surface area contributed by atoms with Crippen molar-refractivity contribution >= 4 is 5.91 Å². The topological polar surface area (TPSA) is 84.1 Å². The van der Waals surface area contributed by atoms with E-state index in [0.717, 1.165) is 12.8 Å². The molecule has 1 aromatic heterocycles. The SMILES string of the molecule is CCc1nc(C)c(CC(=O)NCC2(COC)CCCC2)c(=O)[nH]1. The molecule has 6 heteroatoms. The molecule has 0 aliphatic heterocycles. The number of nitrogens with one attached hydrogen (secondary N) is 2. The molecule has 2 rings (SSSR count). The van der Waals surface area contributed by atoms with Gasteiger partial charge < -0.3 is 15.0 Å². The van der Waals surface area contributed by atoms with Gasteiger partial charge in [-0.3, -0.25) is 9.59 Å². The monoisotopic (exact) mass is 321 g/mol. The number of aromatic amines is 1. The molecule has 0 radical (unpaired) electrons. The first-order chi connectivity index (χ1) is 11.0. The third-order valence-electron chi connectivity index (χ3n) is 4.72. The molecule has 0 aromatic carbocycles. The van der Waals surface area contributed by atoms with Crippen LogP contribution in [0.3, 0.4) is 0 Å². The number of carbonyl (C=O) groups is 1. The minimum atomic E-state index is -0.211. The average Bonchev–Trinajstić information content (AvgIpc) is 2.98. The Kier molecular flexibility index (Phi) is 5.93. The predicted octanol–water partition coefficient (Wildman–Crippen LogP) is 1.51. The standard InChI is InChI=1S/C17H27N3O3/c1-4-14-19-12(2)13(16(22)20-14)9-15(21)18-10-17(11-23-3)7-5-6-8-17/h4-11H2,1-3H3,(H,18,21)(H,19,20,22). The molecule has 0 unspecified atom stereocenters. The second kappa shape index (κ2) is 7.73. The maximum atomic E-state index is 12.2. The minimum absolute atomic E-state index is 0.0518. The van der Waals surface area contributed by atoms with Gasteiger partial charge in [-0.25, -0.2) is 4.98 Å². The molecule has 1 aliphatic carbocycles. The van der Waals surface area contributed by atoms with Crippen LogP contribution in [0, 0.1) is 12.3 Å². The molecule has 1 heterocycles. The van der Waals surface area contributed by atoms with Gasteiger partial charge in [0.2, 0.25) is 5.91 Å². The van der Waals surface area contributed by atoms with Crippen molar-refractivity contribution in [2.45, 2.75) is 52.4 Å². The number of ether oxygens (including phenoxy) is 1. The van der Waals surface area contributed by atoms with Crippen LogP contribution in [0.1, 0.15) is 49.7 Å². The smallest absolute Gasteiger partial charge is 0.254 e. The number of amides is 1. The Bertz CT molecular complexity index is 604. The van der Waals surface area contributed by atoms with E-state index in [-0.39, 0.29) is 23.3 Å². The van der Waals surface area contributed by atoms with Crippen molar-refractivity contribution < 1.29 is 9.53 Å². The van der Waals surface area contributed by atoms with E-state index in [1.807, 2.05) is 6.92 Å². The first-order valence-corrected chi connectivity index (χ1v) is 8.34. The predicted molar refractivity (Wildman–Crippen MR) is 88.5 cm³/mol. The first-order valence-electron chi connectivity index (χ1n) is 8.34. The van der Waals surface area contributed by atoms with E-state index < -0.39 is 0 Å². The van der Waals surface area contributed by atoms with Crippen LogP contribution in [0.5, 0.6) is 0 Å². The molecule has 0 atom stereocenters. The summed E-state index contributed by atoms with van der Waals surface area (Å²) in [4.78, 5) is 31.4. The number of aryl methyl sites for hydroxylation is 2. The molecule has 6 nitrogen and oxygen atoms in total. The highest BCUT2D eigenvalue weighted by Crippen LogP contribution is 2.37. The molecule has 1 saturated carbocycles. The van der Waals surface area contributed by atoms with E-state index >= 15 is 0 Å². The highest BCUT2D eigenvalue weighted by atomic mass is 16.5. The van der Waals surface area contributed by atoms with Gasteiger partial charge in [0.15, 0.2) is 0 Å². The third kappa shape index (κ3) is 4.41. The van der Waals surface area contributed by atoms with Crippen molar-refractivity contribution in [3.05, 3.63) is 27.4 Å². The molecule has 0 spiro atoms. The van der Waals surface area contributed by atoms with Crippen LogP contribution in [-0.4, -0.2) is 36.1 Å². The van der Waals surface area contributed by atoms with Gasteiger partial charge in [0.05, 0.1) is 13.0 Å². The molecular weight excluding hydrogens is 294 g/mol. The fourth-order valence-corrected chi connectivity index (χ4v) is 3.36. The summed E-state index contributed by atoms with van der Waals surface area (Å²) in [5.41, 5.74) is 0.924. The minimum Gasteiger partial charge on any atom is -0.384 e. The van der Waals surface area contributed by atoms with Crippen molar-refractivity contribution in [3.63, 3.8) is 0 Å².